The third-order valence-corrected chi connectivity index (χ3v) is 3.31. The van der Waals surface area contributed by atoms with Crippen molar-refractivity contribution in [1.29, 1.82) is 0 Å². The van der Waals surface area contributed by atoms with Crippen LogP contribution >= 0.6 is 11.8 Å². The number of halogens is 2. The molecule has 1 aromatic heterocycles. The normalized spacial score (nSPS) is 10.5. The van der Waals surface area contributed by atoms with Gasteiger partial charge < -0.3 is 5.73 Å². The molecule has 5 heteroatoms. The van der Waals surface area contributed by atoms with E-state index < -0.39 is 11.6 Å². The van der Waals surface area contributed by atoms with Gasteiger partial charge in [-0.25, -0.2) is 8.78 Å². The Morgan fingerprint density at radius 3 is 2.29 bits per heavy atom. The van der Waals surface area contributed by atoms with Gasteiger partial charge in [-0.3, -0.25) is 4.98 Å². The van der Waals surface area contributed by atoms with Crippen LogP contribution in [-0.4, -0.2) is 4.98 Å². The highest BCUT2D eigenvalue weighted by atomic mass is 32.2. The molecule has 0 aliphatic heterocycles. The van der Waals surface area contributed by atoms with Crippen LogP contribution in [0.1, 0.15) is 5.56 Å². The zero-order valence-electron chi connectivity index (χ0n) is 8.86. The summed E-state index contributed by atoms with van der Waals surface area (Å²) in [5.41, 5.74) is 6.39. The second kappa shape index (κ2) is 5.14. The predicted molar refractivity (Wildman–Crippen MR) is 64.6 cm³/mol. The van der Waals surface area contributed by atoms with E-state index in [1.165, 1.54) is 0 Å². The van der Waals surface area contributed by atoms with E-state index in [0.29, 0.717) is 5.75 Å². The lowest BCUT2D eigenvalue weighted by Gasteiger charge is -2.05. The number of benzene rings is 1. The lowest BCUT2D eigenvalue weighted by Crippen LogP contribution is -1.93. The molecule has 0 bridgehead atoms. The molecule has 0 unspecified atom stereocenters. The van der Waals surface area contributed by atoms with Gasteiger partial charge in [0.05, 0.1) is 4.90 Å². The summed E-state index contributed by atoms with van der Waals surface area (Å²) in [5, 5.41) is 0. The third kappa shape index (κ3) is 2.94. The minimum atomic E-state index is -0.624. The molecule has 0 aliphatic rings. The highest BCUT2D eigenvalue weighted by Crippen LogP contribution is 2.29. The van der Waals surface area contributed by atoms with Crippen molar-refractivity contribution in [2.75, 3.05) is 5.73 Å². The fraction of sp³-hybridized carbons (Fsp3) is 0.0833. The first-order valence-corrected chi connectivity index (χ1v) is 5.91. The molecule has 2 nitrogen and oxygen atoms in total. The molecule has 0 amide bonds. The molecular weight excluding hydrogens is 242 g/mol. The molecule has 1 aromatic carbocycles. The van der Waals surface area contributed by atoms with E-state index in [2.05, 4.69) is 4.98 Å². The Balaban J connectivity index is 2.15. The van der Waals surface area contributed by atoms with Crippen LogP contribution in [0.15, 0.2) is 41.6 Å². The van der Waals surface area contributed by atoms with Gasteiger partial charge >= 0.3 is 0 Å². The van der Waals surface area contributed by atoms with Crippen LogP contribution in [-0.2, 0) is 5.75 Å². The van der Waals surface area contributed by atoms with Gasteiger partial charge in [-0.1, -0.05) is 0 Å². The highest BCUT2D eigenvalue weighted by Gasteiger charge is 2.10. The molecule has 0 radical (unpaired) electrons. The van der Waals surface area contributed by atoms with E-state index in [0.717, 1.165) is 29.5 Å². The fourth-order valence-corrected chi connectivity index (χ4v) is 2.25. The van der Waals surface area contributed by atoms with Crippen molar-refractivity contribution in [3.05, 3.63) is 53.9 Å². The Labute approximate surface area is 102 Å². The van der Waals surface area contributed by atoms with Crippen LogP contribution in [0, 0.1) is 11.6 Å². The van der Waals surface area contributed by atoms with Gasteiger partial charge in [0, 0.05) is 23.8 Å². The van der Waals surface area contributed by atoms with Crippen LogP contribution in [0.4, 0.5) is 14.5 Å². The second-order valence-corrected chi connectivity index (χ2v) is 4.44. The second-order valence-electron chi connectivity index (χ2n) is 3.46. The minimum Gasteiger partial charge on any atom is -0.399 e. The first kappa shape index (κ1) is 11.9. The molecule has 2 rings (SSSR count). The predicted octanol–water partition coefficient (Wildman–Crippen LogP) is 3.23. The smallest absolute Gasteiger partial charge is 0.141 e. The quantitative estimate of drug-likeness (QED) is 0.673. The number of pyridine rings is 1. The molecule has 1 heterocycles. The van der Waals surface area contributed by atoms with E-state index in [-0.39, 0.29) is 10.6 Å². The minimum absolute atomic E-state index is 0.00369. The van der Waals surface area contributed by atoms with Crippen molar-refractivity contribution in [3.8, 4) is 0 Å². The van der Waals surface area contributed by atoms with Crippen molar-refractivity contribution in [1.82, 2.24) is 4.98 Å². The topological polar surface area (TPSA) is 38.9 Å². The first-order chi connectivity index (χ1) is 8.16. The summed E-state index contributed by atoms with van der Waals surface area (Å²) < 4.78 is 26.9. The SMILES string of the molecule is Nc1cc(F)c(SCc2ccncc2)c(F)c1. The number of nitrogen functional groups attached to an aromatic ring is 1. The van der Waals surface area contributed by atoms with E-state index >= 15 is 0 Å². The molecule has 0 fully saturated rings. The zero-order valence-corrected chi connectivity index (χ0v) is 9.68. The summed E-state index contributed by atoms with van der Waals surface area (Å²) in [5.74, 6) is -0.761. The summed E-state index contributed by atoms with van der Waals surface area (Å²) >= 11 is 1.10. The van der Waals surface area contributed by atoms with Crippen LogP contribution in [0.2, 0.25) is 0 Å². The van der Waals surface area contributed by atoms with Gasteiger partial charge in [0.15, 0.2) is 0 Å². The van der Waals surface area contributed by atoms with Gasteiger partial charge in [0.2, 0.25) is 0 Å². The molecular formula is C12H10F2N2S. The van der Waals surface area contributed by atoms with Crippen molar-refractivity contribution in [2.45, 2.75) is 10.6 Å². The molecule has 2 N–H and O–H groups in total. The molecule has 0 saturated carbocycles. The largest absolute Gasteiger partial charge is 0.399 e. The summed E-state index contributed by atoms with van der Waals surface area (Å²) in [6.45, 7) is 0. The third-order valence-electron chi connectivity index (χ3n) is 2.15. The van der Waals surface area contributed by atoms with Gasteiger partial charge in [0.25, 0.3) is 0 Å². The molecule has 17 heavy (non-hydrogen) atoms. The molecule has 0 atom stereocenters. The maximum absolute atomic E-state index is 13.5. The zero-order chi connectivity index (χ0) is 12.3. The number of rotatable bonds is 3. The van der Waals surface area contributed by atoms with Crippen molar-refractivity contribution in [3.63, 3.8) is 0 Å². The summed E-state index contributed by atoms with van der Waals surface area (Å²) in [6.07, 6.45) is 3.29. The number of anilines is 1. The Bertz CT molecular complexity index is 494. The summed E-state index contributed by atoms with van der Waals surface area (Å²) in [7, 11) is 0. The van der Waals surface area contributed by atoms with E-state index in [9.17, 15) is 8.78 Å². The van der Waals surface area contributed by atoms with Crippen LogP contribution < -0.4 is 5.73 Å². The number of hydrogen-bond donors (Lipinski definition) is 1. The van der Waals surface area contributed by atoms with E-state index in [1.54, 1.807) is 24.5 Å². The molecule has 0 spiro atoms. The number of aromatic nitrogens is 1. The Morgan fingerprint density at radius 1 is 1.12 bits per heavy atom. The van der Waals surface area contributed by atoms with E-state index in [4.69, 9.17) is 5.73 Å². The average molecular weight is 252 g/mol. The number of hydrogen-bond acceptors (Lipinski definition) is 3. The first-order valence-electron chi connectivity index (χ1n) is 4.93. The van der Waals surface area contributed by atoms with Crippen LogP contribution in [0.5, 0.6) is 0 Å². The van der Waals surface area contributed by atoms with Gasteiger partial charge in [-0.05, 0) is 29.8 Å². The number of nitrogens with zero attached hydrogens (tertiary/aromatic N) is 1. The highest BCUT2D eigenvalue weighted by molar-refractivity contribution is 7.98. The monoisotopic (exact) mass is 252 g/mol. The van der Waals surface area contributed by atoms with Gasteiger partial charge in [0.1, 0.15) is 11.6 Å². The van der Waals surface area contributed by atoms with Gasteiger partial charge in [-0.2, -0.15) is 0 Å². The average Bonchev–Trinajstić information content (AvgIpc) is 2.29. The Hall–Kier alpha value is -1.62. The summed E-state index contributed by atoms with van der Waals surface area (Å²) in [4.78, 5) is 3.87. The van der Waals surface area contributed by atoms with Crippen molar-refractivity contribution < 1.29 is 8.78 Å². The lowest BCUT2D eigenvalue weighted by atomic mass is 10.3. The lowest BCUT2D eigenvalue weighted by molar-refractivity contribution is 0.542. The van der Waals surface area contributed by atoms with Crippen molar-refractivity contribution >= 4 is 17.4 Å². The molecule has 0 aliphatic carbocycles. The van der Waals surface area contributed by atoms with Crippen molar-refractivity contribution in [2.24, 2.45) is 0 Å². The maximum atomic E-state index is 13.5. The Morgan fingerprint density at radius 2 is 1.71 bits per heavy atom. The summed E-state index contributed by atoms with van der Waals surface area (Å²) in [6, 6.07) is 5.86. The Kier molecular flexibility index (Phi) is 3.58. The van der Waals surface area contributed by atoms with Gasteiger partial charge in [-0.15, -0.1) is 11.8 Å². The maximum Gasteiger partial charge on any atom is 0.141 e. The fourth-order valence-electron chi connectivity index (χ4n) is 1.35. The van der Waals surface area contributed by atoms with Crippen LogP contribution in [0.25, 0.3) is 0 Å². The molecule has 2 aromatic rings. The van der Waals surface area contributed by atoms with E-state index in [1.807, 2.05) is 0 Å². The standard InChI is InChI=1S/C12H10F2N2S/c13-10-5-9(15)6-11(14)12(10)17-7-8-1-3-16-4-2-8/h1-6H,7,15H2. The number of thioether (sulfide) groups is 1. The number of nitrogens with two attached hydrogens (primary N) is 1. The molecule has 0 saturated heterocycles. The molecule has 88 valence electrons. The van der Waals surface area contributed by atoms with Crippen LogP contribution in [0.3, 0.4) is 0 Å².